The van der Waals surface area contributed by atoms with Crippen LogP contribution in [0.1, 0.15) is 54.9 Å². The van der Waals surface area contributed by atoms with Gasteiger partial charge in [0.05, 0.1) is 5.66 Å². The van der Waals surface area contributed by atoms with Crippen LogP contribution in [0.3, 0.4) is 0 Å². The van der Waals surface area contributed by atoms with Gasteiger partial charge in [0.1, 0.15) is 0 Å². The van der Waals surface area contributed by atoms with Gasteiger partial charge in [-0.3, -0.25) is 0 Å². The standard InChI is InChI=1S/C12H28N2.CH2O3/c1-8-9(2)10(3,4)11(5,6)12(7,13)14;2-1(3)4/h9H,8,13-14H2,1-7H3;(H2,2,3,4). The second-order valence-electron chi connectivity index (χ2n) is 6.22. The summed E-state index contributed by atoms with van der Waals surface area (Å²) in [6, 6.07) is 0. The minimum atomic E-state index is -1.83. The van der Waals surface area contributed by atoms with Gasteiger partial charge >= 0.3 is 6.16 Å². The first-order valence-electron chi connectivity index (χ1n) is 6.21. The molecule has 0 saturated heterocycles. The summed E-state index contributed by atoms with van der Waals surface area (Å²) in [5, 5.41) is 13.9. The van der Waals surface area contributed by atoms with Gasteiger partial charge in [0.25, 0.3) is 0 Å². The first kappa shape index (κ1) is 19.5. The number of rotatable bonds is 4. The Morgan fingerprint density at radius 1 is 1.11 bits per heavy atom. The summed E-state index contributed by atoms with van der Waals surface area (Å²) < 4.78 is 0. The second kappa shape index (κ2) is 6.38. The summed E-state index contributed by atoms with van der Waals surface area (Å²) in [7, 11) is 0. The molecule has 0 aromatic heterocycles. The molecule has 5 nitrogen and oxygen atoms in total. The molecule has 0 aliphatic carbocycles. The van der Waals surface area contributed by atoms with Gasteiger partial charge < -0.3 is 21.7 Å². The Kier molecular flexibility index (Phi) is 6.93. The van der Waals surface area contributed by atoms with Crippen LogP contribution in [-0.2, 0) is 0 Å². The van der Waals surface area contributed by atoms with Crippen LogP contribution in [0.5, 0.6) is 0 Å². The van der Waals surface area contributed by atoms with Crippen molar-refractivity contribution in [1.82, 2.24) is 0 Å². The van der Waals surface area contributed by atoms with E-state index < -0.39 is 11.8 Å². The molecule has 0 spiro atoms. The van der Waals surface area contributed by atoms with Crippen LogP contribution >= 0.6 is 0 Å². The Balaban J connectivity index is 0. The molecule has 5 heteroatoms. The Morgan fingerprint density at radius 2 is 1.39 bits per heavy atom. The van der Waals surface area contributed by atoms with E-state index in [0.29, 0.717) is 5.92 Å². The molecule has 1 atom stereocenters. The van der Waals surface area contributed by atoms with E-state index in [4.69, 9.17) is 26.5 Å². The van der Waals surface area contributed by atoms with Gasteiger partial charge in [-0.2, -0.15) is 0 Å². The number of carbonyl (C=O) groups is 1. The van der Waals surface area contributed by atoms with Crippen molar-refractivity contribution in [3.8, 4) is 0 Å². The Bertz CT molecular complexity index is 264. The van der Waals surface area contributed by atoms with E-state index in [0.717, 1.165) is 6.42 Å². The van der Waals surface area contributed by atoms with Gasteiger partial charge in [-0.15, -0.1) is 0 Å². The number of hydrogen-bond donors (Lipinski definition) is 4. The van der Waals surface area contributed by atoms with E-state index in [9.17, 15) is 0 Å². The molecule has 0 radical (unpaired) electrons. The lowest BCUT2D eigenvalue weighted by Crippen LogP contribution is -2.64. The molecule has 0 aromatic carbocycles. The largest absolute Gasteiger partial charge is 0.503 e. The molecular formula is C13H30N2O3. The zero-order valence-electron chi connectivity index (χ0n) is 12.7. The molecule has 18 heavy (non-hydrogen) atoms. The Morgan fingerprint density at radius 3 is 1.56 bits per heavy atom. The number of hydrogen-bond acceptors (Lipinski definition) is 3. The molecule has 1 unspecified atom stereocenters. The van der Waals surface area contributed by atoms with Crippen LogP contribution in [-0.4, -0.2) is 22.0 Å². The van der Waals surface area contributed by atoms with Crippen LogP contribution in [0.15, 0.2) is 0 Å². The lowest BCUT2D eigenvalue weighted by molar-refractivity contribution is -0.0151. The molecule has 0 amide bonds. The van der Waals surface area contributed by atoms with E-state index in [1.807, 2.05) is 6.92 Å². The van der Waals surface area contributed by atoms with E-state index in [-0.39, 0.29) is 10.8 Å². The molecule has 0 aromatic rings. The smallest absolute Gasteiger partial charge is 0.450 e. The fourth-order valence-corrected chi connectivity index (χ4v) is 1.82. The average Bonchev–Trinajstić information content (AvgIpc) is 2.13. The summed E-state index contributed by atoms with van der Waals surface area (Å²) in [6.07, 6.45) is -0.674. The van der Waals surface area contributed by atoms with Crippen LogP contribution in [0, 0.1) is 16.7 Å². The van der Waals surface area contributed by atoms with Crippen LogP contribution in [0.2, 0.25) is 0 Å². The van der Waals surface area contributed by atoms with Crippen molar-refractivity contribution in [2.75, 3.05) is 0 Å². The molecule has 0 aliphatic heterocycles. The van der Waals surface area contributed by atoms with Crippen molar-refractivity contribution >= 4 is 6.16 Å². The maximum absolute atomic E-state index is 8.56. The van der Waals surface area contributed by atoms with Crippen LogP contribution in [0.4, 0.5) is 4.79 Å². The van der Waals surface area contributed by atoms with Gasteiger partial charge in [0, 0.05) is 5.41 Å². The van der Waals surface area contributed by atoms with E-state index in [1.54, 1.807) is 0 Å². The summed E-state index contributed by atoms with van der Waals surface area (Å²) >= 11 is 0. The highest BCUT2D eigenvalue weighted by molar-refractivity contribution is 5.53. The lowest BCUT2D eigenvalue weighted by Gasteiger charge is -2.52. The highest BCUT2D eigenvalue weighted by Gasteiger charge is 2.48. The van der Waals surface area contributed by atoms with Gasteiger partial charge in [-0.25, -0.2) is 4.79 Å². The van der Waals surface area contributed by atoms with Crippen LogP contribution in [0.25, 0.3) is 0 Å². The third-order valence-corrected chi connectivity index (χ3v) is 4.80. The van der Waals surface area contributed by atoms with Crippen molar-refractivity contribution in [3.05, 3.63) is 0 Å². The first-order chi connectivity index (χ1) is 7.71. The maximum atomic E-state index is 8.56. The van der Waals surface area contributed by atoms with Gasteiger partial charge in [0.2, 0.25) is 0 Å². The monoisotopic (exact) mass is 262 g/mol. The van der Waals surface area contributed by atoms with Crippen molar-refractivity contribution in [1.29, 1.82) is 0 Å². The third kappa shape index (κ3) is 4.82. The third-order valence-electron chi connectivity index (χ3n) is 4.80. The van der Waals surface area contributed by atoms with Gasteiger partial charge in [-0.1, -0.05) is 48.0 Å². The quantitative estimate of drug-likeness (QED) is 0.582. The first-order valence-corrected chi connectivity index (χ1v) is 6.21. The summed E-state index contributed by atoms with van der Waals surface area (Å²) in [5.41, 5.74) is 11.6. The minimum absolute atomic E-state index is 0.0879. The molecule has 0 bridgehead atoms. The van der Waals surface area contributed by atoms with Gasteiger partial charge in [0.15, 0.2) is 0 Å². The number of carboxylic acid groups (broad SMARTS) is 2. The van der Waals surface area contributed by atoms with Crippen molar-refractivity contribution < 1.29 is 15.0 Å². The van der Waals surface area contributed by atoms with Crippen molar-refractivity contribution in [3.63, 3.8) is 0 Å². The summed E-state index contributed by atoms with van der Waals surface area (Å²) in [4.78, 5) is 8.56. The van der Waals surface area contributed by atoms with E-state index in [2.05, 4.69) is 41.5 Å². The molecule has 110 valence electrons. The Hall–Kier alpha value is -0.810. The molecule has 0 heterocycles. The predicted octanol–water partition coefficient (Wildman–Crippen LogP) is 2.94. The fraction of sp³-hybridized carbons (Fsp3) is 0.923. The summed E-state index contributed by atoms with van der Waals surface area (Å²) in [5.74, 6) is 0.615. The van der Waals surface area contributed by atoms with Crippen molar-refractivity contribution in [2.24, 2.45) is 28.2 Å². The minimum Gasteiger partial charge on any atom is -0.450 e. The van der Waals surface area contributed by atoms with E-state index in [1.165, 1.54) is 0 Å². The normalized spacial score (nSPS) is 14.5. The fourth-order valence-electron chi connectivity index (χ4n) is 1.82. The molecule has 0 fully saturated rings. The molecular weight excluding hydrogens is 232 g/mol. The average molecular weight is 262 g/mol. The SMILES string of the molecule is CCC(C)C(C)(C)C(C)(C)C(C)(N)N.O=C(O)O. The topological polar surface area (TPSA) is 110 Å². The molecule has 6 N–H and O–H groups in total. The summed E-state index contributed by atoms with van der Waals surface area (Å²) in [6.45, 7) is 15.3. The molecule has 0 rings (SSSR count). The highest BCUT2D eigenvalue weighted by atomic mass is 16.6. The second-order valence-corrected chi connectivity index (χ2v) is 6.22. The predicted molar refractivity (Wildman–Crippen MR) is 74.5 cm³/mol. The highest BCUT2D eigenvalue weighted by Crippen LogP contribution is 2.49. The zero-order valence-corrected chi connectivity index (χ0v) is 12.7. The number of nitrogens with two attached hydrogens (primary N) is 2. The van der Waals surface area contributed by atoms with Gasteiger partial charge in [-0.05, 0) is 18.3 Å². The van der Waals surface area contributed by atoms with Crippen LogP contribution < -0.4 is 11.5 Å². The van der Waals surface area contributed by atoms with E-state index >= 15 is 0 Å². The van der Waals surface area contributed by atoms with Crippen molar-refractivity contribution in [2.45, 2.75) is 60.5 Å². The zero-order chi connectivity index (χ0) is 15.4. The molecule has 0 saturated carbocycles. The molecule has 0 aliphatic rings. The maximum Gasteiger partial charge on any atom is 0.503 e. The Labute approximate surface area is 111 Å². The lowest BCUT2D eigenvalue weighted by atomic mass is 9.56.